The van der Waals surface area contributed by atoms with Gasteiger partial charge >= 0.3 is 0 Å². The molecule has 1 saturated heterocycles. The van der Waals surface area contributed by atoms with E-state index in [1.807, 2.05) is 4.90 Å². The van der Waals surface area contributed by atoms with Crippen LogP contribution in [0.3, 0.4) is 0 Å². The molecule has 0 bridgehead atoms. The van der Waals surface area contributed by atoms with Gasteiger partial charge in [0.05, 0.1) is 17.3 Å². The van der Waals surface area contributed by atoms with Crippen molar-refractivity contribution >= 4 is 40.4 Å². The third-order valence-electron chi connectivity index (χ3n) is 4.65. The fourth-order valence-electron chi connectivity index (χ4n) is 2.90. The van der Waals surface area contributed by atoms with Crippen LogP contribution in [0.1, 0.15) is 31.5 Å². The molecule has 2 heterocycles. The van der Waals surface area contributed by atoms with Crippen LogP contribution >= 0.6 is 34.5 Å². The van der Waals surface area contributed by atoms with Crippen molar-refractivity contribution in [2.24, 2.45) is 0 Å². The lowest BCUT2D eigenvalue weighted by atomic mass is 9.93. The normalized spacial score (nSPS) is 15.7. The Kier molecular flexibility index (Phi) is 6.86. The van der Waals surface area contributed by atoms with E-state index in [1.165, 1.54) is 0 Å². The second-order valence-corrected chi connectivity index (χ2v) is 9.68. The standard InChI is InChI=1S/C20H25Cl2N3O2S/c1-20(2,3)17-13-28-18(23-17)11-24-6-8-25(9-7-24)19(26)12-27-16-5-4-14(21)10-15(16)22/h4-5,10,13H,6-9,11-12H2,1-3H3. The van der Waals surface area contributed by atoms with Crippen LogP contribution in [-0.4, -0.2) is 53.5 Å². The molecule has 0 aliphatic carbocycles. The molecule has 28 heavy (non-hydrogen) atoms. The first-order valence-corrected chi connectivity index (χ1v) is 10.9. The second-order valence-electron chi connectivity index (χ2n) is 7.90. The highest BCUT2D eigenvalue weighted by atomic mass is 35.5. The molecule has 0 spiro atoms. The third kappa shape index (κ3) is 5.60. The summed E-state index contributed by atoms with van der Waals surface area (Å²) < 4.78 is 5.56. The Labute approximate surface area is 180 Å². The largest absolute Gasteiger partial charge is 0.482 e. The number of aromatic nitrogens is 1. The molecular weight excluding hydrogens is 417 g/mol. The van der Waals surface area contributed by atoms with Crippen LogP contribution in [0.4, 0.5) is 0 Å². The van der Waals surface area contributed by atoms with Gasteiger partial charge in [-0.3, -0.25) is 9.69 Å². The van der Waals surface area contributed by atoms with Crippen molar-refractivity contribution in [3.8, 4) is 5.75 Å². The Morgan fingerprint density at radius 1 is 1.21 bits per heavy atom. The smallest absolute Gasteiger partial charge is 0.260 e. The Morgan fingerprint density at radius 2 is 1.93 bits per heavy atom. The summed E-state index contributed by atoms with van der Waals surface area (Å²) in [4.78, 5) is 21.4. The first kappa shape index (κ1) is 21.4. The van der Waals surface area contributed by atoms with Crippen LogP contribution in [0.25, 0.3) is 0 Å². The van der Waals surface area contributed by atoms with Gasteiger partial charge in [0.15, 0.2) is 6.61 Å². The lowest BCUT2D eigenvalue weighted by molar-refractivity contribution is -0.135. The van der Waals surface area contributed by atoms with Gasteiger partial charge in [-0.1, -0.05) is 44.0 Å². The summed E-state index contributed by atoms with van der Waals surface area (Å²) in [6.07, 6.45) is 0. The van der Waals surface area contributed by atoms with E-state index in [1.54, 1.807) is 29.5 Å². The highest BCUT2D eigenvalue weighted by Crippen LogP contribution is 2.27. The van der Waals surface area contributed by atoms with Crippen LogP contribution in [0.5, 0.6) is 5.75 Å². The van der Waals surface area contributed by atoms with Crippen molar-refractivity contribution in [1.29, 1.82) is 0 Å². The van der Waals surface area contributed by atoms with E-state index >= 15 is 0 Å². The minimum Gasteiger partial charge on any atom is -0.482 e. The molecule has 0 saturated carbocycles. The average molecular weight is 442 g/mol. The topological polar surface area (TPSA) is 45.7 Å². The number of carbonyl (C=O) groups is 1. The molecule has 0 N–H and O–H groups in total. The van der Waals surface area contributed by atoms with Gasteiger partial charge in [-0.25, -0.2) is 4.98 Å². The first-order valence-electron chi connectivity index (χ1n) is 9.25. The highest BCUT2D eigenvalue weighted by molar-refractivity contribution is 7.09. The van der Waals surface area contributed by atoms with Crippen LogP contribution in [0.15, 0.2) is 23.6 Å². The van der Waals surface area contributed by atoms with Crippen molar-refractivity contribution in [1.82, 2.24) is 14.8 Å². The van der Waals surface area contributed by atoms with Gasteiger partial charge in [-0.05, 0) is 18.2 Å². The number of hydrogen-bond donors (Lipinski definition) is 0. The SMILES string of the molecule is CC(C)(C)c1csc(CN2CCN(C(=O)COc3ccc(Cl)cc3Cl)CC2)n1. The van der Waals surface area contributed by atoms with E-state index in [9.17, 15) is 4.79 Å². The molecule has 0 unspecified atom stereocenters. The van der Waals surface area contributed by atoms with E-state index in [0.717, 1.165) is 30.3 Å². The number of ether oxygens (including phenoxy) is 1. The van der Waals surface area contributed by atoms with Crippen LogP contribution in [0.2, 0.25) is 10.0 Å². The summed E-state index contributed by atoms with van der Waals surface area (Å²) in [5.41, 5.74) is 1.21. The summed E-state index contributed by atoms with van der Waals surface area (Å²) >= 11 is 13.7. The molecule has 1 aromatic carbocycles. The van der Waals surface area contributed by atoms with Gasteiger partial charge in [-0.15, -0.1) is 11.3 Å². The van der Waals surface area contributed by atoms with Crippen LogP contribution < -0.4 is 4.74 Å². The Balaban J connectivity index is 1.45. The van der Waals surface area contributed by atoms with Crippen molar-refractivity contribution in [3.63, 3.8) is 0 Å². The molecule has 3 rings (SSSR count). The molecule has 2 aromatic rings. The van der Waals surface area contributed by atoms with Crippen LogP contribution in [0, 0.1) is 0 Å². The monoisotopic (exact) mass is 441 g/mol. The van der Waals surface area contributed by atoms with E-state index in [4.69, 9.17) is 32.9 Å². The number of benzene rings is 1. The number of hydrogen-bond acceptors (Lipinski definition) is 5. The van der Waals surface area contributed by atoms with E-state index in [0.29, 0.717) is 28.9 Å². The van der Waals surface area contributed by atoms with Gasteiger partial charge in [0.25, 0.3) is 5.91 Å². The third-order valence-corrected chi connectivity index (χ3v) is 6.01. The first-order chi connectivity index (χ1) is 13.2. The minimum atomic E-state index is -0.0325. The fraction of sp³-hybridized carbons (Fsp3) is 0.500. The maximum Gasteiger partial charge on any atom is 0.260 e. The molecule has 0 radical (unpaired) electrons. The maximum absolute atomic E-state index is 12.4. The fourth-order valence-corrected chi connectivity index (χ4v) is 4.42. The maximum atomic E-state index is 12.4. The summed E-state index contributed by atoms with van der Waals surface area (Å²) in [6.45, 7) is 10.4. The van der Waals surface area contributed by atoms with Crippen molar-refractivity contribution in [2.75, 3.05) is 32.8 Å². The Bertz CT molecular complexity index is 827. The summed E-state index contributed by atoms with van der Waals surface area (Å²) in [5.74, 6) is 0.436. The van der Waals surface area contributed by atoms with Gasteiger partial charge < -0.3 is 9.64 Å². The summed E-state index contributed by atoms with van der Waals surface area (Å²) in [6, 6.07) is 4.97. The van der Waals surface area contributed by atoms with E-state index < -0.39 is 0 Å². The molecule has 1 aliphatic heterocycles. The zero-order valence-corrected chi connectivity index (χ0v) is 18.7. The number of amides is 1. The predicted octanol–water partition coefficient (Wildman–Crippen LogP) is 4.47. The molecule has 0 atom stereocenters. The zero-order chi connectivity index (χ0) is 20.3. The number of nitrogens with zero attached hydrogens (tertiary/aromatic N) is 3. The molecule has 1 amide bonds. The quantitative estimate of drug-likeness (QED) is 0.686. The highest BCUT2D eigenvalue weighted by Gasteiger charge is 2.23. The summed E-state index contributed by atoms with van der Waals surface area (Å²) in [5, 5.41) is 4.22. The lowest BCUT2D eigenvalue weighted by Crippen LogP contribution is -2.49. The number of piperazine rings is 1. The van der Waals surface area contributed by atoms with E-state index in [2.05, 4.69) is 31.1 Å². The molecule has 8 heteroatoms. The molecule has 1 fully saturated rings. The minimum absolute atomic E-state index is 0.0250. The van der Waals surface area contributed by atoms with Crippen molar-refractivity contribution in [2.45, 2.75) is 32.7 Å². The number of rotatable bonds is 5. The van der Waals surface area contributed by atoms with Gasteiger partial charge in [-0.2, -0.15) is 0 Å². The second kappa shape index (κ2) is 8.99. The predicted molar refractivity (Wildman–Crippen MR) is 115 cm³/mol. The average Bonchev–Trinajstić information content (AvgIpc) is 3.10. The number of carbonyl (C=O) groups excluding carboxylic acids is 1. The molecule has 1 aromatic heterocycles. The summed E-state index contributed by atoms with van der Waals surface area (Å²) in [7, 11) is 0. The lowest BCUT2D eigenvalue weighted by Gasteiger charge is -2.34. The molecule has 1 aliphatic rings. The Hall–Kier alpha value is -1.34. The molecule has 5 nitrogen and oxygen atoms in total. The van der Waals surface area contributed by atoms with Gasteiger partial charge in [0.1, 0.15) is 10.8 Å². The number of halogens is 2. The van der Waals surface area contributed by atoms with Gasteiger partial charge in [0.2, 0.25) is 0 Å². The van der Waals surface area contributed by atoms with Crippen molar-refractivity contribution in [3.05, 3.63) is 44.3 Å². The van der Waals surface area contributed by atoms with E-state index in [-0.39, 0.29) is 17.9 Å². The van der Waals surface area contributed by atoms with Gasteiger partial charge in [0, 0.05) is 42.0 Å². The molecule has 152 valence electrons. The van der Waals surface area contributed by atoms with Crippen molar-refractivity contribution < 1.29 is 9.53 Å². The zero-order valence-electron chi connectivity index (χ0n) is 16.4. The Morgan fingerprint density at radius 3 is 2.54 bits per heavy atom. The molecular formula is C20H25Cl2N3O2S. The number of thiazole rings is 1. The van der Waals surface area contributed by atoms with Crippen LogP contribution in [-0.2, 0) is 16.8 Å².